The summed E-state index contributed by atoms with van der Waals surface area (Å²) >= 11 is 0. The molecule has 1 aliphatic heterocycles. The third-order valence-corrected chi connectivity index (χ3v) is 3.61. The van der Waals surface area contributed by atoms with Gasteiger partial charge in [0.25, 0.3) is 5.91 Å². The highest BCUT2D eigenvalue weighted by molar-refractivity contribution is 5.95. The standard InChI is InChI=1S/C14H20N2O3/c1-15(2)11-6-7-16(9-11)14(18)10-4-5-12(17)13(8-10)19-3/h4-5,8,11,17H,6-7,9H2,1-3H3. The molecule has 0 bridgehead atoms. The first-order valence-electron chi connectivity index (χ1n) is 6.35. The molecule has 0 saturated carbocycles. The van der Waals surface area contributed by atoms with Crippen LogP contribution in [0.1, 0.15) is 16.8 Å². The third-order valence-electron chi connectivity index (χ3n) is 3.61. The van der Waals surface area contributed by atoms with Crippen LogP contribution in [-0.4, -0.2) is 61.2 Å². The predicted molar refractivity (Wildman–Crippen MR) is 72.7 cm³/mol. The van der Waals surface area contributed by atoms with Gasteiger partial charge in [0.1, 0.15) is 0 Å². The third kappa shape index (κ3) is 2.81. The maximum Gasteiger partial charge on any atom is 0.254 e. The van der Waals surface area contributed by atoms with Crippen LogP contribution in [0.5, 0.6) is 11.5 Å². The molecule has 1 fully saturated rings. The highest BCUT2D eigenvalue weighted by Gasteiger charge is 2.28. The maximum absolute atomic E-state index is 12.4. The topological polar surface area (TPSA) is 53.0 Å². The Morgan fingerprint density at radius 3 is 2.79 bits per heavy atom. The van der Waals surface area contributed by atoms with E-state index in [0.29, 0.717) is 17.4 Å². The first-order valence-corrected chi connectivity index (χ1v) is 6.35. The number of ether oxygens (including phenoxy) is 1. The number of benzene rings is 1. The van der Waals surface area contributed by atoms with Crippen LogP contribution in [0.15, 0.2) is 18.2 Å². The van der Waals surface area contributed by atoms with Crippen molar-refractivity contribution in [3.05, 3.63) is 23.8 Å². The van der Waals surface area contributed by atoms with Crippen LogP contribution < -0.4 is 4.74 Å². The second-order valence-electron chi connectivity index (χ2n) is 5.04. The van der Waals surface area contributed by atoms with Gasteiger partial charge in [-0.05, 0) is 38.7 Å². The summed E-state index contributed by atoms with van der Waals surface area (Å²) in [6, 6.07) is 5.12. The zero-order chi connectivity index (χ0) is 14.0. The van der Waals surface area contributed by atoms with Crippen molar-refractivity contribution in [3.8, 4) is 11.5 Å². The van der Waals surface area contributed by atoms with Crippen LogP contribution in [-0.2, 0) is 0 Å². The van der Waals surface area contributed by atoms with Gasteiger partial charge in [-0.15, -0.1) is 0 Å². The summed E-state index contributed by atoms with van der Waals surface area (Å²) in [6.45, 7) is 1.51. The number of amides is 1. The molecule has 5 nitrogen and oxygen atoms in total. The molecule has 1 N–H and O–H groups in total. The molecule has 0 aromatic heterocycles. The lowest BCUT2D eigenvalue weighted by molar-refractivity contribution is 0.0782. The number of likely N-dealkylation sites (N-methyl/N-ethyl adjacent to an activating group) is 1. The molecule has 1 unspecified atom stereocenters. The molecular weight excluding hydrogens is 244 g/mol. The fraction of sp³-hybridized carbons (Fsp3) is 0.500. The van der Waals surface area contributed by atoms with Crippen LogP contribution in [0.3, 0.4) is 0 Å². The van der Waals surface area contributed by atoms with Gasteiger partial charge in [-0.3, -0.25) is 4.79 Å². The number of nitrogens with zero attached hydrogens (tertiary/aromatic N) is 2. The van der Waals surface area contributed by atoms with Gasteiger partial charge < -0.3 is 19.6 Å². The second kappa shape index (κ2) is 5.48. The fourth-order valence-corrected chi connectivity index (χ4v) is 2.34. The van der Waals surface area contributed by atoms with E-state index in [4.69, 9.17) is 4.74 Å². The summed E-state index contributed by atoms with van der Waals surface area (Å²) in [7, 11) is 5.53. The van der Waals surface area contributed by atoms with Gasteiger partial charge in [-0.25, -0.2) is 0 Å². The van der Waals surface area contributed by atoms with E-state index in [9.17, 15) is 9.90 Å². The molecule has 19 heavy (non-hydrogen) atoms. The van der Waals surface area contributed by atoms with E-state index >= 15 is 0 Å². The van der Waals surface area contributed by atoms with Gasteiger partial charge in [0.15, 0.2) is 11.5 Å². The smallest absolute Gasteiger partial charge is 0.254 e. The number of methoxy groups -OCH3 is 1. The molecule has 0 spiro atoms. The molecule has 0 radical (unpaired) electrons. The van der Waals surface area contributed by atoms with Crippen molar-refractivity contribution in [2.75, 3.05) is 34.3 Å². The summed E-state index contributed by atoms with van der Waals surface area (Å²) < 4.78 is 5.03. The zero-order valence-electron chi connectivity index (χ0n) is 11.6. The summed E-state index contributed by atoms with van der Waals surface area (Å²) in [5.74, 6) is 0.364. The van der Waals surface area contributed by atoms with E-state index in [1.54, 1.807) is 12.1 Å². The van der Waals surface area contributed by atoms with Gasteiger partial charge in [0.2, 0.25) is 0 Å². The predicted octanol–water partition coefficient (Wildman–Crippen LogP) is 1.18. The summed E-state index contributed by atoms with van der Waals surface area (Å²) in [5, 5.41) is 9.54. The maximum atomic E-state index is 12.4. The monoisotopic (exact) mass is 264 g/mol. The Morgan fingerprint density at radius 2 is 2.21 bits per heavy atom. The van der Waals surface area contributed by atoms with E-state index in [2.05, 4.69) is 4.90 Å². The first-order chi connectivity index (χ1) is 9.02. The van der Waals surface area contributed by atoms with Crippen molar-refractivity contribution in [1.82, 2.24) is 9.80 Å². The second-order valence-corrected chi connectivity index (χ2v) is 5.04. The van der Waals surface area contributed by atoms with Crippen LogP contribution >= 0.6 is 0 Å². The highest BCUT2D eigenvalue weighted by Crippen LogP contribution is 2.27. The molecule has 1 aliphatic rings. The molecule has 5 heteroatoms. The summed E-state index contributed by atoms with van der Waals surface area (Å²) in [6.07, 6.45) is 0.994. The number of rotatable bonds is 3. The van der Waals surface area contributed by atoms with E-state index in [1.807, 2.05) is 19.0 Å². The lowest BCUT2D eigenvalue weighted by Crippen LogP contribution is -2.34. The Labute approximate surface area is 113 Å². The van der Waals surface area contributed by atoms with E-state index in [0.717, 1.165) is 19.5 Å². The van der Waals surface area contributed by atoms with E-state index in [1.165, 1.54) is 13.2 Å². The molecule has 1 saturated heterocycles. The van der Waals surface area contributed by atoms with Gasteiger partial charge in [0, 0.05) is 24.7 Å². The van der Waals surface area contributed by atoms with E-state index < -0.39 is 0 Å². The molecule has 1 aromatic carbocycles. The highest BCUT2D eigenvalue weighted by atomic mass is 16.5. The molecule has 1 heterocycles. The van der Waals surface area contributed by atoms with Crippen LogP contribution in [0, 0.1) is 0 Å². The van der Waals surface area contributed by atoms with Crippen LogP contribution in [0.25, 0.3) is 0 Å². The van der Waals surface area contributed by atoms with Crippen molar-refractivity contribution in [2.24, 2.45) is 0 Å². The minimum atomic E-state index is -0.0114. The number of phenols is 1. The fourth-order valence-electron chi connectivity index (χ4n) is 2.34. The van der Waals surface area contributed by atoms with Crippen molar-refractivity contribution in [1.29, 1.82) is 0 Å². The largest absolute Gasteiger partial charge is 0.504 e. The van der Waals surface area contributed by atoms with E-state index in [-0.39, 0.29) is 11.7 Å². The quantitative estimate of drug-likeness (QED) is 0.890. The minimum Gasteiger partial charge on any atom is -0.504 e. The zero-order valence-corrected chi connectivity index (χ0v) is 11.6. The average molecular weight is 264 g/mol. The summed E-state index contributed by atoms with van der Waals surface area (Å²) in [4.78, 5) is 16.4. The Bertz CT molecular complexity index is 474. The SMILES string of the molecule is COc1cc(C(=O)N2CCC(N(C)C)C2)ccc1O. The first kappa shape index (κ1) is 13.7. The average Bonchev–Trinajstić information content (AvgIpc) is 2.88. The van der Waals surface area contributed by atoms with Crippen molar-refractivity contribution in [3.63, 3.8) is 0 Å². The van der Waals surface area contributed by atoms with Crippen LogP contribution in [0.2, 0.25) is 0 Å². The van der Waals surface area contributed by atoms with Gasteiger partial charge in [0.05, 0.1) is 7.11 Å². The van der Waals surface area contributed by atoms with Crippen LogP contribution in [0.4, 0.5) is 0 Å². The van der Waals surface area contributed by atoms with Crippen molar-refractivity contribution < 1.29 is 14.6 Å². The number of hydrogen-bond acceptors (Lipinski definition) is 4. The van der Waals surface area contributed by atoms with Gasteiger partial charge in [-0.1, -0.05) is 0 Å². The van der Waals surface area contributed by atoms with Crippen molar-refractivity contribution in [2.45, 2.75) is 12.5 Å². The number of aromatic hydroxyl groups is 1. The normalized spacial score (nSPS) is 18.9. The Morgan fingerprint density at radius 1 is 1.47 bits per heavy atom. The van der Waals surface area contributed by atoms with Crippen molar-refractivity contribution >= 4 is 5.91 Å². The summed E-state index contributed by atoms with van der Waals surface area (Å²) in [5.41, 5.74) is 0.550. The lowest BCUT2D eigenvalue weighted by Gasteiger charge is -2.20. The molecule has 1 atom stereocenters. The molecule has 104 valence electrons. The number of phenolic OH excluding ortho intramolecular Hbond substituents is 1. The van der Waals surface area contributed by atoms with Gasteiger partial charge in [-0.2, -0.15) is 0 Å². The molecule has 2 rings (SSSR count). The number of hydrogen-bond donors (Lipinski definition) is 1. The molecule has 1 amide bonds. The lowest BCUT2D eigenvalue weighted by atomic mass is 10.2. The Kier molecular flexibility index (Phi) is 3.95. The van der Waals surface area contributed by atoms with Gasteiger partial charge >= 0.3 is 0 Å². The number of likely N-dealkylation sites (tertiary alicyclic amines) is 1. The Balaban J connectivity index is 2.12. The molecule has 1 aromatic rings. The Hall–Kier alpha value is -1.75. The molecule has 0 aliphatic carbocycles. The minimum absolute atomic E-state index is 0.0114. The molecular formula is C14H20N2O3. The number of carbonyl (C=O) groups excluding carboxylic acids is 1. The number of carbonyl (C=O) groups is 1.